The van der Waals surface area contributed by atoms with E-state index in [9.17, 15) is 4.79 Å². The maximum atomic E-state index is 11.0. The molecule has 2 aromatic heterocycles. The van der Waals surface area contributed by atoms with Crippen LogP contribution in [0, 0.1) is 6.92 Å². The Bertz CT molecular complexity index is 576. The molecule has 0 amide bonds. The second kappa shape index (κ2) is 5.57. The van der Waals surface area contributed by atoms with Crippen molar-refractivity contribution >= 4 is 5.97 Å². The molecule has 0 aliphatic heterocycles. The predicted octanol–water partition coefficient (Wildman–Crippen LogP) is -0.0951. The number of carboxylic acids is 1. The molecule has 2 heterocycles. The molecule has 9 nitrogen and oxygen atoms in total. The van der Waals surface area contributed by atoms with Gasteiger partial charge in [0.15, 0.2) is 11.5 Å². The van der Waals surface area contributed by atoms with Crippen molar-refractivity contribution in [2.75, 3.05) is 13.7 Å². The Labute approximate surface area is 108 Å². The molecule has 0 aliphatic rings. The first-order valence-corrected chi connectivity index (χ1v) is 5.55. The summed E-state index contributed by atoms with van der Waals surface area (Å²) in [5.41, 5.74) is 0.374. The fourth-order valence-electron chi connectivity index (χ4n) is 1.60. The van der Waals surface area contributed by atoms with Crippen LogP contribution < -0.4 is 0 Å². The first kappa shape index (κ1) is 13.1. The maximum absolute atomic E-state index is 11.0. The van der Waals surface area contributed by atoms with Gasteiger partial charge in [0.2, 0.25) is 5.89 Å². The third-order valence-electron chi connectivity index (χ3n) is 2.44. The van der Waals surface area contributed by atoms with Gasteiger partial charge in [0.05, 0.1) is 12.3 Å². The average Bonchev–Trinajstić information content (AvgIpc) is 2.94. The third-order valence-corrected chi connectivity index (χ3v) is 2.44. The van der Waals surface area contributed by atoms with E-state index in [1.54, 1.807) is 6.92 Å². The molecule has 0 aliphatic carbocycles. The Morgan fingerprint density at radius 3 is 2.89 bits per heavy atom. The second-order valence-corrected chi connectivity index (χ2v) is 3.83. The molecule has 0 spiro atoms. The third kappa shape index (κ3) is 2.94. The molecule has 0 saturated carbocycles. The topological polar surface area (TPSA) is 116 Å². The number of aromatic carboxylic acids is 1. The summed E-state index contributed by atoms with van der Waals surface area (Å²) in [6, 6.07) is 0. The monoisotopic (exact) mass is 267 g/mol. The lowest BCUT2D eigenvalue weighted by atomic mass is 10.2. The Balaban J connectivity index is 2.26. The molecule has 102 valence electrons. The molecular weight excluding hydrogens is 254 g/mol. The number of hydrogen-bond acceptors (Lipinski definition) is 7. The molecule has 2 rings (SSSR count). The summed E-state index contributed by atoms with van der Waals surface area (Å²) in [7, 11) is 1.54. The predicted molar refractivity (Wildman–Crippen MR) is 60.7 cm³/mol. The quantitative estimate of drug-likeness (QED) is 0.771. The number of aryl methyl sites for hydroxylation is 1. The van der Waals surface area contributed by atoms with Gasteiger partial charge in [-0.05, 0) is 6.92 Å². The highest BCUT2D eigenvalue weighted by atomic mass is 16.5. The van der Waals surface area contributed by atoms with Gasteiger partial charge in [-0.1, -0.05) is 10.4 Å². The van der Waals surface area contributed by atoms with Gasteiger partial charge in [-0.25, -0.2) is 9.48 Å². The fourth-order valence-corrected chi connectivity index (χ4v) is 1.60. The molecular formula is C10H13N5O4. The summed E-state index contributed by atoms with van der Waals surface area (Å²) in [4.78, 5) is 15.1. The molecule has 0 fully saturated rings. The van der Waals surface area contributed by atoms with Gasteiger partial charge in [-0.2, -0.15) is 4.98 Å². The van der Waals surface area contributed by atoms with Gasteiger partial charge in [0.1, 0.15) is 6.54 Å². The SMILES string of the molecule is COCCc1c(C(=O)O)nnn1Cc1nc(C)no1. The van der Waals surface area contributed by atoms with E-state index in [0.717, 1.165) is 0 Å². The lowest BCUT2D eigenvalue weighted by Gasteiger charge is -2.03. The highest BCUT2D eigenvalue weighted by Crippen LogP contribution is 2.09. The van der Waals surface area contributed by atoms with E-state index in [2.05, 4.69) is 20.5 Å². The average molecular weight is 267 g/mol. The van der Waals surface area contributed by atoms with Crippen LogP contribution in [0.4, 0.5) is 0 Å². The van der Waals surface area contributed by atoms with Crippen molar-refractivity contribution in [1.29, 1.82) is 0 Å². The van der Waals surface area contributed by atoms with Crippen LogP contribution in [0.25, 0.3) is 0 Å². The number of carbonyl (C=O) groups is 1. The van der Waals surface area contributed by atoms with Crippen molar-refractivity contribution in [2.45, 2.75) is 19.9 Å². The van der Waals surface area contributed by atoms with Gasteiger partial charge >= 0.3 is 5.97 Å². The van der Waals surface area contributed by atoms with Crippen molar-refractivity contribution in [2.24, 2.45) is 0 Å². The largest absolute Gasteiger partial charge is 0.476 e. The van der Waals surface area contributed by atoms with Gasteiger partial charge in [0, 0.05) is 13.5 Å². The van der Waals surface area contributed by atoms with Gasteiger partial charge in [-0.15, -0.1) is 5.10 Å². The van der Waals surface area contributed by atoms with Gasteiger partial charge in [0.25, 0.3) is 0 Å². The highest BCUT2D eigenvalue weighted by Gasteiger charge is 2.19. The molecule has 1 N–H and O–H groups in total. The maximum Gasteiger partial charge on any atom is 0.358 e. The van der Waals surface area contributed by atoms with Crippen molar-refractivity contribution in [3.8, 4) is 0 Å². The molecule has 0 radical (unpaired) electrons. The number of rotatable bonds is 6. The lowest BCUT2D eigenvalue weighted by molar-refractivity contribution is 0.0688. The van der Waals surface area contributed by atoms with Gasteiger partial charge < -0.3 is 14.4 Å². The molecule has 0 aromatic carbocycles. The fraction of sp³-hybridized carbons (Fsp3) is 0.500. The number of nitrogens with zero attached hydrogens (tertiary/aromatic N) is 5. The zero-order valence-corrected chi connectivity index (χ0v) is 10.5. The Morgan fingerprint density at radius 2 is 2.32 bits per heavy atom. The number of carboxylic acid groups (broad SMARTS) is 1. The molecule has 9 heteroatoms. The summed E-state index contributed by atoms with van der Waals surface area (Å²) < 4.78 is 11.3. The second-order valence-electron chi connectivity index (χ2n) is 3.83. The van der Waals surface area contributed by atoms with Crippen LogP contribution in [-0.2, 0) is 17.7 Å². The lowest BCUT2D eigenvalue weighted by Crippen LogP contribution is -2.12. The summed E-state index contributed by atoms with van der Waals surface area (Å²) in [5, 5.41) is 20.1. The van der Waals surface area contributed by atoms with E-state index in [1.165, 1.54) is 11.8 Å². The van der Waals surface area contributed by atoms with Crippen LogP contribution in [-0.4, -0.2) is 49.9 Å². The molecule has 0 atom stereocenters. The normalized spacial score (nSPS) is 10.8. The van der Waals surface area contributed by atoms with Crippen LogP contribution in [0.15, 0.2) is 4.52 Å². The summed E-state index contributed by atoms with van der Waals surface area (Å²) in [6.45, 7) is 2.25. The van der Waals surface area contributed by atoms with E-state index in [4.69, 9.17) is 14.4 Å². The minimum atomic E-state index is -1.13. The minimum Gasteiger partial charge on any atom is -0.476 e. The van der Waals surface area contributed by atoms with Crippen molar-refractivity contribution in [3.63, 3.8) is 0 Å². The first-order chi connectivity index (χ1) is 9.11. The molecule has 2 aromatic rings. The summed E-state index contributed by atoms with van der Waals surface area (Å²) in [5.74, 6) is -0.274. The van der Waals surface area contributed by atoms with Crippen LogP contribution >= 0.6 is 0 Å². The number of aromatic nitrogens is 5. The molecule has 19 heavy (non-hydrogen) atoms. The Hall–Kier alpha value is -2.29. The van der Waals surface area contributed by atoms with E-state index in [0.29, 0.717) is 30.4 Å². The van der Waals surface area contributed by atoms with Crippen LogP contribution in [0.3, 0.4) is 0 Å². The minimum absolute atomic E-state index is 0.0895. The van der Waals surface area contributed by atoms with E-state index >= 15 is 0 Å². The van der Waals surface area contributed by atoms with E-state index in [1.807, 2.05) is 0 Å². The highest BCUT2D eigenvalue weighted by molar-refractivity contribution is 5.86. The van der Waals surface area contributed by atoms with Crippen LogP contribution in [0.5, 0.6) is 0 Å². The number of hydrogen-bond donors (Lipinski definition) is 1. The molecule has 0 unspecified atom stereocenters. The van der Waals surface area contributed by atoms with Gasteiger partial charge in [-0.3, -0.25) is 0 Å². The van der Waals surface area contributed by atoms with E-state index in [-0.39, 0.29) is 12.2 Å². The zero-order chi connectivity index (χ0) is 13.8. The van der Waals surface area contributed by atoms with E-state index < -0.39 is 5.97 Å². The van der Waals surface area contributed by atoms with Crippen LogP contribution in [0.1, 0.15) is 27.9 Å². The summed E-state index contributed by atoms with van der Waals surface area (Å²) in [6.07, 6.45) is 0.387. The number of ether oxygens (including phenoxy) is 1. The molecule has 0 bridgehead atoms. The summed E-state index contributed by atoms with van der Waals surface area (Å²) >= 11 is 0. The first-order valence-electron chi connectivity index (χ1n) is 5.55. The van der Waals surface area contributed by atoms with Crippen molar-refractivity contribution < 1.29 is 19.2 Å². The molecule has 0 saturated heterocycles. The van der Waals surface area contributed by atoms with Crippen molar-refractivity contribution in [3.05, 3.63) is 23.1 Å². The Morgan fingerprint density at radius 1 is 1.53 bits per heavy atom. The standard InChI is InChI=1S/C10H13N5O4/c1-6-11-8(19-13-6)5-15-7(3-4-18-2)9(10(16)17)12-14-15/h3-5H2,1-2H3,(H,16,17). The number of methoxy groups -OCH3 is 1. The smallest absolute Gasteiger partial charge is 0.358 e. The Kier molecular flexibility index (Phi) is 3.85. The van der Waals surface area contributed by atoms with Crippen LogP contribution in [0.2, 0.25) is 0 Å². The van der Waals surface area contributed by atoms with Crippen molar-refractivity contribution in [1.82, 2.24) is 25.1 Å². The zero-order valence-electron chi connectivity index (χ0n) is 10.5.